The molecule has 1 unspecified atom stereocenters. The van der Waals surface area contributed by atoms with Crippen molar-refractivity contribution in [3.8, 4) is 0 Å². The molecule has 0 bridgehead atoms. The molecule has 114 valence electrons. The Morgan fingerprint density at radius 3 is 2.81 bits per heavy atom. The zero-order valence-electron chi connectivity index (χ0n) is 11.1. The van der Waals surface area contributed by atoms with E-state index in [2.05, 4.69) is 0 Å². The van der Waals surface area contributed by atoms with E-state index in [1.807, 2.05) is 0 Å². The Hall–Kier alpha value is -2.09. The van der Waals surface area contributed by atoms with Gasteiger partial charge in [-0.1, -0.05) is 0 Å². The molecule has 2 rings (SSSR count). The van der Waals surface area contributed by atoms with E-state index in [4.69, 9.17) is 5.11 Å². The van der Waals surface area contributed by atoms with E-state index < -0.39 is 33.7 Å². The van der Waals surface area contributed by atoms with Crippen LogP contribution in [-0.4, -0.2) is 40.5 Å². The number of nitro benzene ring substituents is 1. The van der Waals surface area contributed by atoms with Crippen LogP contribution in [-0.2, 0) is 0 Å². The molecule has 1 aromatic rings. The predicted octanol–water partition coefficient (Wildman–Crippen LogP) is 1.72. The van der Waals surface area contributed by atoms with E-state index >= 15 is 0 Å². The van der Waals surface area contributed by atoms with Gasteiger partial charge in [0.25, 0.3) is 5.91 Å². The molecular weight excluding hydrogens is 286 g/mol. The Morgan fingerprint density at radius 2 is 2.19 bits per heavy atom. The summed E-state index contributed by atoms with van der Waals surface area (Å²) in [4.78, 5) is 23.1. The van der Waals surface area contributed by atoms with E-state index in [1.54, 1.807) is 0 Å². The van der Waals surface area contributed by atoms with E-state index in [-0.39, 0.29) is 19.1 Å². The number of benzene rings is 1. The van der Waals surface area contributed by atoms with Crippen molar-refractivity contribution in [3.05, 3.63) is 39.4 Å². The van der Waals surface area contributed by atoms with Gasteiger partial charge in [-0.25, -0.2) is 4.39 Å². The minimum Gasteiger partial charge on any atom is -0.396 e. The molecule has 0 aromatic heterocycles. The van der Waals surface area contributed by atoms with Crippen molar-refractivity contribution < 1.29 is 23.6 Å². The van der Waals surface area contributed by atoms with Crippen molar-refractivity contribution in [1.82, 2.24) is 4.90 Å². The summed E-state index contributed by atoms with van der Waals surface area (Å²) >= 11 is 0. The molecule has 0 aliphatic carbocycles. The van der Waals surface area contributed by atoms with Gasteiger partial charge < -0.3 is 10.0 Å². The van der Waals surface area contributed by atoms with E-state index in [1.165, 1.54) is 4.90 Å². The van der Waals surface area contributed by atoms with Crippen LogP contribution in [0.15, 0.2) is 12.1 Å². The maximum Gasteiger partial charge on any atom is 0.305 e. The molecular formula is C13H14F2N2O4. The molecule has 21 heavy (non-hydrogen) atoms. The van der Waals surface area contributed by atoms with Crippen molar-refractivity contribution in [3.63, 3.8) is 0 Å². The fraction of sp³-hybridized carbons (Fsp3) is 0.462. The van der Waals surface area contributed by atoms with Crippen molar-refractivity contribution in [2.75, 3.05) is 19.7 Å². The van der Waals surface area contributed by atoms with Crippen molar-refractivity contribution >= 4 is 11.6 Å². The zero-order chi connectivity index (χ0) is 15.6. The summed E-state index contributed by atoms with van der Waals surface area (Å²) in [6.45, 7) is 0.568. The van der Waals surface area contributed by atoms with Crippen molar-refractivity contribution in [2.24, 2.45) is 5.92 Å². The van der Waals surface area contributed by atoms with Gasteiger partial charge in [0.1, 0.15) is 11.4 Å². The van der Waals surface area contributed by atoms with Gasteiger partial charge >= 0.3 is 5.69 Å². The lowest BCUT2D eigenvalue weighted by molar-refractivity contribution is -0.387. The average molecular weight is 300 g/mol. The van der Waals surface area contributed by atoms with Crippen molar-refractivity contribution in [2.45, 2.75) is 12.8 Å². The second kappa shape index (κ2) is 6.13. The summed E-state index contributed by atoms with van der Waals surface area (Å²) in [6.07, 6.45) is 1.13. The van der Waals surface area contributed by atoms with Crippen LogP contribution in [0.2, 0.25) is 0 Å². The van der Waals surface area contributed by atoms with Gasteiger partial charge in [0, 0.05) is 25.8 Å². The summed E-state index contributed by atoms with van der Waals surface area (Å²) in [7, 11) is 0. The molecule has 1 aliphatic heterocycles. The van der Waals surface area contributed by atoms with E-state index in [0.717, 1.165) is 6.07 Å². The van der Waals surface area contributed by atoms with Crippen LogP contribution in [0.1, 0.15) is 23.2 Å². The number of carbonyl (C=O) groups excluding carboxylic acids is 1. The molecule has 1 amide bonds. The largest absolute Gasteiger partial charge is 0.396 e. The summed E-state index contributed by atoms with van der Waals surface area (Å²) in [5, 5.41) is 19.5. The Balaban J connectivity index is 2.28. The second-order valence-corrected chi connectivity index (χ2v) is 4.93. The molecule has 0 saturated carbocycles. The van der Waals surface area contributed by atoms with Gasteiger partial charge in [-0.05, 0) is 24.8 Å². The first-order valence-electron chi connectivity index (χ1n) is 6.48. The van der Waals surface area contributed by atoms with Gasteiger partial charge in [0.05, 0.1) is 4.92 Å². The Labute approximate surface area is 119 Å². The van der Waals surface area contributed by atoms with Crippen LogP contribution in [0.3, 0.4) is 0 Å². The number of carbonyl (C=O) groups is 1. The molecule has 1 saturated heterocycles. The van der Waals surface area contributed by atoms with E-state index in [0.29, 0.717) is 25.5 Å². The fourth-order valence-electron chi connectivity index (χ4n) is 2.47. The lowest BCUT2D eigenvalue weighted by atomic mass is 10.1. The lowest BCUT2D eigenvalue weighted by Crippen LogP contribution is -2.30. The number of nitrogens with zero attached hydrogens (tertiary/aromatic N) is 2. The minimum absolute atomic E-state index is 0.0216. The summed E-state index contributed by atoms with van der Waals surface area (Å²) < 4.78 is 27.7. The van der Waals surface area contributed by atoms with Crippen LogP contribution < -0.4 is 0 Å². The zero-order valence-corrected chi connectivity index (χ0v) is 11.1. The predicted molar refractivity (Wildman–Crippen MR) is 68.7 cm³/mol. The molecule has 1 heterocycles. The Bertz CT molecular complexity index is 580. The molecule has 1 atom stereocenters. The molecule has 1 aliphatic rings. The maximum atomic E-state index is 14.0. The first-order valence-corrected chi connectivity index (χ1v) is 6.48. The monoisotopic (exact) mass is 300 g/mol. The molecule has 1 fully saturated rings. The van der Waals surface area contributed by atoms with E-state index in [9.17, 15) is 23.7 Å². The SMILES string of the molecule is O=C(c1c(F)ccc([N+](=O)[O-])c1F)N1CCC(CCO)C1. The van der Waals surface area contributed by atoms with Gasteiger partial charge in [-0.2, -0.15) is 4.39 Å². The number of aliphatic hydroxyl groups is 1. The number of amides is 1. The molecule has 0 spiro atoms. The molecule has 1 aromatic carbocycles. The topological polar surface area (TPSA) is 83.7 Å². The molecule has 8 heteroatoms. The van der Waals surface area contributed by atoms with Gasteiger partial charge in [-0.15, -0.1) is 0 Å². The van der Waals surface area contributed by atoms with Crippen LogP contribution >= 0.6 is 0 Å². The number of hydrogen-bond acceptors (Lipinski definition) is 4. The molecule has 6 nitrogen and oxygen atoms in total. The molecule has 1 N–H and O–H groups in total. The second-order valence-electron chi connectivity index (χ2n) is 4.93. The minimum atomic E-state index is -1.45. The smallest absolute Gasteiger partial charge is 0.305 e. The lowest BCUT2D eigenvalue weighted by Gasteiger charge is -2.17. The van der Waals surface area contributed by atoms with Crippen LogP contribution in [0.25, 0.3) is 0 Å². The number of rotatable bonds is 4. The summed E-state index contributed by atoms with van der Waals surface area (Å²) in [5.74, 6) is -3.39. The normalized spacial score (nSPS) is 18.0. The summed E-state index contributed by atoms with van der Waals surface area (Å²) in [5.41, 5.74) is -1.82. The fourth-order valence-corrected chi connectivity index (χ4v) is 2.47. The Morgan fingerprint density at radius 1 is 1.48 bits per heavy atom. The van der Waals surface area contributed by atoms with Gasteiger partial charge in [0.15, 0.2) is 0 Å². The quantitative estimate of drug-likeness (QED) is 0.678. The third-order valence-electron chi connectivity index (χ3n) is 3.59. The maximum absolute atomic E-state index is 14.0. The van der Waals surface area contributed by atoms with Crippen LogP contribution in [0.4, 0.5) is 14.5 Å². The first kappa shape index (κ1) is 15.3. The highest BCUT2D eigenvalue weighted by Crippen LogP contribution is 2.27. The number of halogens is 2. The average Bonchev–Trinajstić information content (AvgIpc) is 2.87. The van der Waals surface area contributed by atoms with Crippen LogP contribution in [0, 0.1) is 27.7 Å². The summed E-state index contributed by atoms with van der Waals surface area (Å²) in [6, 6.07) is 1.41. The number of aliphatic hydroxyl groups excluding tert-OH is 1. The van der Waals surface area contributed by atoms with Crippen LogP contribution in [0.5, 0.6) is 0 Å². The highest BCUT2D eigenvalue weighted by atomic mass is 19.1. The third kappa shape index (κ3) is 2.99. The third-order valence-corrected chi connectivity index (χ3v) is 3.59. The first-order chi connectivity index (χ1) is 9.95. The highest BCUT2D eigenvalue weighted by molar-refractivity contribution is 5.95. The number of likely N-dealkylation sites (tertiary alicyclic amines) is 1. The molecule has 0 radical (unpaired) electrons. The standard InChI is InChI=1S/C13H14F2N2O4/c14-9-1-2-10(17(20)21)12(15)11(9)13(19)16-5-3-8(7-16)4-6-18/h1-2,8,18H,3-7H2. The highest BCUT2D eigenvalue weighted by Gasteiger charge is 2.32. The number of hydrogen-bond donors (Lipinski definition) is 1. The van der Waals surface area contributed by atoms with Gasteiger partial charge in [0.2, 0.25) is 5.82 Å². The van der Waals surface area contributed by atoms with Gasteiger partial charge in [-0.3, -0.25) is 14.9 Å². The Kier molecular flexibility index (Phi) is 4.46. The van der Waals surface area contributed by atoms with Crippen molar-refractivity contribution in [1.29, 1.82) is 0 Å². The number of nitro groups is 1.